The molecule has 1 aliphatic carbocycles. The van der Waals surface area contributed by atoms with Crippen LogP contribution in [0, 0.1) is 12.8 Å². The van der Waals surface area contributed by atoms with Crippen LogP contribution in [0.4, 0.5) is 0 Å². The third-order valence-corrected chi connectivity index (χ3v) is 4.11. The van der Waals surface area contributed by atoms with Crippen LogP contribution in [0.3, 0.4) is 0 Å². The number of nitrogens with one attached hydrogen (secondary N) is 1. The second-order valence-corrected chi connectivity index (χ2v) is 5.56. The Bertz CT molecular complexity index is 351. The average molecular weight is 249 g/mol. The van der Waals surface area contributed by atoms with Crippen molar-refractivity contribution in [3.8, 4) is 0 Å². The number of imidazole rings is 1. The molecule has 2 rings (SSSR count). The van der Waals surface area contributed by atoms with Gasteiger partial charge in [-0.15, -0.1) is 0 Å². The van der Waals surface area contributed by atoms with E-state index in [4.69, 9.17) is 0 Å². The highest BCUT2D eigenvalue weighted by Gasteiger charge is 2.15. The molecule has 0 aliphatic heterocycles. The summed E-state index contributed by atoms with van der Waals surface area (Å²) in [5, 5.41) is 3.47. The van der Waals surface area contributed by atoms with Crippen molar-refractivity contribution in [2.45, 2.75) is 65.5 Å². The molecule has 3 heteroatoms. The number of hydrogen-bond donors (Lipinski definition) is 1. The summed E-state index contributed by atoms with van der Waals surface area (Å²) in [5.41, 5.74) is 1.35. The summed E-state index contributed by atoms with van der Waals surface area (Å²) in [7, 11) is 0. The topological polar surface area (TPSA) is 29.9 Å². The Kier molecular flexibility index (Phi) is 5.24. The lowest BCUT2D eigenvalue weighted by Crippen LogP contribution is -2.18. The quantitative estimate of drug-likeness (QED) is 0.752. The fraction of sp³-hybridized carbons (Fsp3) is 0.800. The Morgan fingerprint density at radius 2 is 2.17 bits per heavy atom. The van der Waals surface area contributed by atoms with Crippen LogP contribution in [0.15, 0.2) is 6.20 Å². The van der Waals surface area contributed by atoms with Gasteiger partial charge in [-0.25, -0.2) is 4.98 Å². The van der Waals surface area contributed by atoms with Crippen molar-refractivity contribution in [3.05, 3.63) is 17.7 Å². The summed E-state index contributed by atoms with van der Waals surface area (Å²) in [5.74, 6) is 2.13. The van der Waals surface area contributed by atoms with E-state index >= 15 is 0 Å². The summed E-state index contributed by atoms with van der Waals surface area (Å²) in [6.45, 7) is 7.53. The summed E-state index contributed by atoms with van der Waals surface area (Å²) in [6, 6.07) is 0. The minimum Gasteiger partial charge on any atom is -0.331 e. The minimum absolute atomic E-state index is 0.958. The molecule has 0 bridgehead atoms. The molecule has 0 atom stereocenters. The summed E-state index contributed by atoms with van der Waals surface area (Å²) < 4.78 is 2.40. The predicted molar refractivity (Wildman–Crippen MR) is 75.5 cm³/mol. The normalized spacial score (nSPS) is 16.6. The number of aryl methyl sites for hydroxylation is 1. The first-order chi connectivity index (χ1) is 8.81. The van der Waals surface area contributed by atoms with Gasteiger partial charge >= 0.3 is 0 Å². The van der Waals surface area contributed by atoms with E-state index in [2.05, 4.69) is 28.7 Å². The zero-order valence-electron chi connectivity index (χ0n) is 11.9. The third-order valence-electron chi connectivity index (χ3n) is 4.11. The van der Waals surface area contributed by atoms with Crippen LogP contribution in [0.2, 0.25) is 0 Å². The average Bonchev–Trinajstić information content (AvgIpc) is 2.98. The van der Waals surface area contributed by atoms with Crippen molar-refractivity contribution in [1.29, 1.82) is 0 Å². The van der Waals surface area contributed by atoms with Gasteiger partial charge in [-0.05, 0) is 32.2 Å². The van der Waals surface area contributed by atoms with Gasteiger partial charge in [0, 0.05) is 19.3 Å². The SMILES string of the molecule is CCCNCc1cnc(C)n1CCC1CCCC1. The standard InChI is InChI=1S/C15H27N3/c1-3-9-16-11-15-12-17-13(2)18(15)10-8-14-6-4-5-7-14/h12,14,16H,3-11H2,1-2H3. The van der Waals surface area contributed by atoms with Crippen LogP contribution < -0.4 is 5.32 Å². The Morgan fingerprint density at radius 1 is 1.39 bits per heavy atom. The molecule has 1 aliphatic rings. The van der Waals surface area contributed by atoms with Crippen molar-refractivity contribution < 1.29 is 0 Å². The predicted octanol–water partition coefficient (Wildman–Crippen LogP) is 3.27. The highest BCUT2D eigenvalue weighted by Crippen LogP contribution is 2.28. The molecule has 1 aromatic heterocycles. The van der Waals surface area contributed by atoms with Gasteiger partial charge in [0.1, 0.15) is 5.82 Å². The van der Waals surface area contributed by atoms with Gasteiger partial charge in [0.05, 0.1) is 5.69 Å². The van der Waals surface area contributed by atoms with E-state index in [0.717, 1.165) is 25.6 Å². The second kappa shape index (κ2) is 6.93. The van der Waals surface area contributed by atoms with E-state index in [-0.39, 0.29) is 0 Å². The molecule has 1 heterocycles. The maximum atomic E-state index is 4.46. The molecule has 18 heavy (non-hydrogen) atoms. The lowest BCUT2D eigenvalue weighted by molar-refractivity contribution is 0.446. The largest absolute Gasteiger partial charge is 0.331 e. The van der Waals surface area contributed by atoms with Gasteiger partial charge in [0.25, 0.3) is 0 Å². The van der Waals surface area contributed by atoms with Crippen molar-refractivity contribution >= 4 is 0 Å². The van der Waals surface area contributed by atoms with E-state index in [0.29, 0.717) is 0 Å². The van der Waals surface area contributed by atoms with Crippen LogP contribution in [-0.2, 0) is 13.1 Å². The van der Waals surface area contributed by atoms with E-state index in [1.165, 1.54) is 50.0 Å². The van der Waals surface area contributed by atoms with Gasteiger partial charge in [-0.3, -0.25) is 0 Å². The molecule has 0 unspecified atom stereocenters. The molecule has 1 fully saturated rings. The van der Waals surface area contributed by atoms with Crippen LogP contribution in [0.5, 0.6) is 0 Å². The number of hydrogen-bond acceptors (Lipinski definition) is 2. The fourth-order valence-electron chi connectivity index (χ4n) is 2.97. The van der Waals surface area contributed by atoms with Crippen LogP contribution in [0.25, 0.3) is 0 Å². The first-order valence-corrected chi connectivity index (χ1v) is 7.53. The lowest BCUT2D eigenvalue weighted by Gasteiger charge is -2.14. The van der Waals surface area contributed by atoms with Crippen LogP contribution >= 0.6 is 0 Å². The van der Waals surface area contributed by atoms with Gasteiger partial charge in [-0.1, -0.05) is 32.6 Å². The maximum Gasteiger partial charge on any atom is 0.105 e. The summed E-state index contributed by atoms with van der Waals surface area (Å²) in [6.07, 6.45) is 10.3. The fourth-order valence-corrected chi connectivity index (χ4v) is 2.97. The molecular weight excluding hydrogens is 222 g/mol. The van der Waals surface area contributed by atoms with Gasteiger partial charge in [0.2, 0.25) is 0 Å². The highest BCUT2D eigenvalue weighted by atomic mass is 15.1. The summed E-state index contributed by atoms with van der Waals surface area (Å²) in [4.78, 5) is 4.46. The Hall–Kier alpha value is -0.830. The molecule has 0 radical (unpaired) electrons. The number of aromatic nitrogens is 2. The van der Waals surface area contributed by atoms with Crippen LogP contribution in [0.1, 0.15) is 57.0 Å². The molecule has 0 amide bonds. The highest BCUT2D eigenvalue weighted by molar-refractivity contribution is 5.04. The zero-order chi connectivity index (χ0) is 12.8. The van der Waals surface area contributed by atoms with E-state index in [1.807, 2.05) is 6.20 Å². The Morgan fingerprint density at radius 3 is 2.89 bits per heavy atom. The van der Waals surface area contributed by atoms with E-state index < -0.39 is 0 Å². The van der Waals surface area contributed by atoms with Crippen molar-refractivity contribution in [1.82, 2.24) is 14.9 Å². The molecule has 0 aromatic carbocycles. The first-order valence-electron chi connectivity index (χ1n) is 7.53. The van der Waals surface area contributed by atoms with Crippen molar-refractivity contribution in [3.63, 3.8) is 0 Å². The van der Waals surface area contributed by atoms with Crippen molar-refractivity contribution in [2.75, 3.05) is 6.54 Å². The zero-order valence-corrected chi connectivity index (χ0v) is 11.9. The van der Waals surface area contributed by atoms with Crippen molar-refractivity contribution in [2.24, 2.45) is 5.92 Å². The Balaban J connectivity index is 1.86. The van der Waals surface area contributed by atoms with Gasteiger partial charge < -0.3 is 9.88 Å². The molecule has 1 aromatic rings. The molecule has 102 valence electrons. The van der Waals surface area contributed by atoms with E-state index in [9.17, 15) is 0 Å². The van der Waals surface area contributed by atoms with E-state index in [1.54, 1.807) is 0 Å². The Labute approximate surface area is 111 Å². The summed E-state index contributed by atoms with van der Waals surface area (Å²) >= 11 is 0. The lowest BCUT2D eigenvalue weighted by atomic mass is 10.0. The number of nitrogens with zero attached hydrogens (tertiary/aromatic N) is 2. The molecule has 3 nitrogen and oxygen atoms in total. The smallest absolute Gasteiger partial charge is 0.105 e. The van der Waals surface area contributed by atoms with Crippen LogP contribution in [-0.4, -0.2) is 16.1 Å². The molecule has 0 spiro atoms. The second-order valence-electron chi connectivity index (χ2n) is 5.56. The van der Waals surface area contributed by atoms with Gasteiger partial charge in [-0.2, -0.15) is 0 Å². The number of rotatable bonds is 7. The van der Waals surface area contributed by atoms with Gasteiger partial charge in [0.15, 0.2) is 0 Å². The minimum atomic E-state index is 0.958. The molecule has 0 saturated heterocycles. The molecular formula is C15H27N3. The molecule has 1 saturated carbocycles. The maximum absolute atomic E-state index is 4.46. The molecule has 1 N–H and O–H groups in total. The first kappa shape index (κ1) is 13.6. The monoisotopic (exact) mass is 249 g/mol. The third kappa shape index (κ3) is 3.58.